The van der Waals surface area contributed by atoms with Crippen LogP contribution in [-0.4, -0.2) is 7.11 Å². The molecule has 0 amide bonds. The zero-order valence-corrected chi connectivity index (χ0v) is 11.5. The second-order valence-electron chi connectivity index (χ2n) is 2.93. The van der Waals surface area contributed by atoms with Gasteiger partial charge in [-0.25, -0.2) is 0 Å². The largest absolute Gasteiger partial charge is 0.495 e. The van der Waals surface area contributed by atoms with Crippen molar-refractivity contribution in [3.63, 3.8) is 0 Å². The first kappa shape index (κ1) is 10.5. The standard InChI is InChI=1S/C10H8ClIOS/c1-5-9(12)8-6(11)3-4-7(13-2)10(8)14-5/h3-4H,1-2H3. The van der Waals surface area contributed by atoms with Gasteiger partial charge in [-0.3, -0.25) is 0 Å². The Balaban J connectivity index is 2.91. The van der Waals surface area contributed by atoms with Crippen LogP contribution < -0.4 is 4.74 Å². The van der Waals surface area contributed by atoms with E-state index in [1.54, 1.807) is 18.4 Å². The number of hydrogen-bond donors (Lipinski definition) is 0. The summed E-state index contributed by atoms with van der Waals surface area (Å²) in [6.45, 7) is 2.10. The fraction of sp³-hybridized carbons (Fsp3) is 0.200. The zero-order chi connectivity index (χ0) is 10.3. The average Bonchev–Trinajstić information content (AvgIpc) is 2.45. The lowest BCUT2D eigenvalue weighted by Gasteiger charge is -2.02. The summed E-state index contributed by atoms with van der Waals surface area (Å²) in [5.74, 6) is 0.903. The maximum atomic E-state index is 6.15. The van der Waals surface area contributed by atoms with Crippen molar-refractivity contribution in [2.45, 2.75) is 6.92 Å². The Morgan fingerprint density at radius 2 is 2.14 bits per heavy atom. The minimum absolute atomic E-state index is 0.801. The zero-order valence-electron chi connectivity index (χ0n) is 7.73. The van der Waals surface area contributed by atoms with Gasteiger partial charge in [-0.15, -0.1) is 11.3 Å². The summed E-state index contributed by atoms with van der Waals surface area (Å²) in [5, 5.41) is 1.92. The molecule has 0 fully saturated rings. The van der Waals surface area contributed by atoms with Gasteiger partial charge in [-0.2, -0.15) is 0 Å². The van der Waals surface area contributed by atoms with Crippen LogP contribution in [0.15, 0.2) is 12.1 Å². The summed E-state index contributed by atoms with van der Waals surface area (Å²) in [6.07, 6.45) is 0. The van der Waals surface area contributed by atoms with Gasteiger partial charge in [0.05, 0.1) is 16.8 Å². The van der Waals surface area contributed by atoms with Crippen molar-refractivity contribution in [2.24, 2.45) is 0 Å². The third kappa shape index (κ3) is 1.51. The normalized spacial score (nSPS) is 10.9. The van der Waals surface area contributed by atoms with Crippen LogP contribution >= 0.6 is 45.5 Å². The van der Waals surface area contributed by atoms with Gasteiger partial charge in [0.15, 0.2) is 0 Å². The molecule has 1 heterocycles. The number of hydrogen-bond acceptors (Lipinski definition) is 2. The smallest absolute Gasteiger partial charge is 0.136 e. The minimum Gasteiger partial charge on any atom is -0.495 e. The van der Waals surface area contributed by atoms with Gasteiger partial charge in [-0.1, -0.05) is 11.6 Å². The Kier molecular flexibility index (Phi) is 2.91. The molecule has 4 heteroatoms. The first-order valence-electron chi connectivity index (χ1n) is 4.06. The molecule has 0 aliphatic heterocycles. The lowest BCUT2D eigenvalue weighted by atomic mass is 10.2. The van der Waals surface area contributed by atoms with Gasteiger partial charge in [0, 0.05) is 13.8 Å². The summed E-state index contributed by atoms with van der Waals surface area (Å²) in [7, 11) is 1.69. The summed E-state index contributed by atoms with van der Waals surface area (Å²) < 4.78 is 7.67. The molecule has 0 aliphatic rings. The summed E-state index contributed by atoms with van der Waals surface area (Å²) >= 11 is 10.2. The summed E-state index contributed by atoms with van der Waals surface area (Å²) in [6, 6.07) is 3.80. The quantitative estimate of drug-likeness (QED) is 0.697. The van der Waals surface area contributed by atoms with Crippen molar-refractivity contribution >= 4 is 55.6 Å². The maximum Gasteiger partial charge on any atom is 0.136 e. The van der Waals surface area contributed by atoms with Crippen LogP contribution in [0.5, 0.6) is 5.75 Å². The van der Waals surface area contributed by atoms with Crippen molar-refractivity contribution in [2.75, 3.05) is 7.11 Å². The minimum atomic E-state index is 0.801. The monoisotopic (exact) mass is 338 g/mol. The van der Waals surface area contributed by atoms with E-state index in [2.05, 4.69) is 29.5 Å². The first-order valence-corrected chi connectivity index (χ1v) is 6.33. The molecule has 2 rings (SSSR count). The predicted octanol–water partition coefficient (Wildman–Crippen LogP) is 4.48. The number of aryl methyl sites for hydroxylation is 1. The van der Waals surface area contributed by atoms with Crippen LogP contribution in [0.2, 0.25) is 5.02 Å². The summed E-state index contributed by atoms with van der Waals surface area (Å²) in [4.78, 5) is 1.28. The van der Waals surface area contributed by atoms with Crippen LogP contribution in [-0.2, 0) is 0 Å². The second kappa shape index (κ2) is 3.87. The first-order chi connectivity index (χ1) is 6.65. The van der Waals surface area contributed by atoms with E-state index in [0.29, 0.717) is 0 Å². The number of halogens is 2. The predicted molar refractivity (Wildman–Crippen MR) is 70.8 cm³/mol. The van der Waals surface area contributed by atoms with E-state index >= 15 is 0 Å². The van der Waals surface area contributed by atoms with Gasteiger partial charge in [0.25, 0.3) is 0 Å². The fourth-order valence-electron chi connectivity index (χ4n) is 1.38. The van der Waals surface area contributed by atoms with E-state index in [1.807, 2.05) is 12.1 Å². The summed E-state index contributed by atoms with van der Waals surface area (Å²) in [5.41, 5.74) is 0. The van der Waals surface area contributed by atoms with Crippen LogP contribution in [0.25, 0.3) is 10.1 Å². The van der Waals surface area contributed by atoms with Gasteiger partial charge >= 0.3 is 0 Å². The molecule has 0 saturated heterocycles. The third-order valence-electron chi connectivity index (χ3n) is 2.07. The molecule has 0 spiro atoms. The highest BCUT2D eigenvalue weighted by Crippen LogP contribution is 2.41. The lowest BCUT2D eigenvalue weighted by molar-refractivity contribution is 0.420. The average molecular weight is 339 g/mol. The number of fused-ring (bicyclic) bond motifs is 1. The molecule has 2 aromatic rings. The van der Waals surface area contributed by atoms with E-state index in [9.17, 15) is 0 Å². The van der Waals surface area contributed by atoms with E-state index in [0.717, 1.165) is 20.9 Å². The van der Waals surface area contributed by atoms with Crippen LogP contribution in [0.1, 0.15) is 4.88 Å². The van der Waals surface area contributed by atoms with Crippen molar-refractivity contribution in [1.29, 1.82) is 0 Å². The molecule has 0 atom stereocenters. The Hall–Kier alpha value is -0.0000000000000000833. The SMILES string of the molecule is COc1ccc(Cl)c2c(I)c(C)sc12. The van der Waals surface area contributed by atoms with E-state index in [4.69, 9.17) is 16.3 Å². The molecular formula is C10H8ClIOS. The van der Waals surface area contributed by atoms with Crippen LogP contribution in [0.3, 0.4) is 0 Å². The molecule has 14 heavy (non-hydrogen) atoms. The maximum absolute atomic E-state index is 6.15. The molecule has 1 aromatic heterocycles. The van der Waals surface area contributed by atoms with Crippen molar-refractivity contribution in [1.82, 2.24) is 0 Å². The molecule has 0 N–H and O–H groups in total. The highest BCUT2D eigenvalue weighted by molar-refractivity contribution is 14.1. The van der Waals surface area contributed by atoms with Crippen LogP contribution in [0, 0.1) is 10.5 Å². The molecule has 0 radical (unpaired) electrons. The number of thiophene rings is 1. The highest BCUT2D eigenvalue weighted by atomic mass is 127. The third-order valence-corrected chi connectivity index (χ3v) is 5.22. The molecular weight excluding hydrogens is 331 g/mol. The van der Waals surface area contributed by atoms with Gasteiger partial charge < -0.3 is 4.74 Å². The Bertz CT molecular complexity index is 492. The van der Waals surface area contributed by atoms with E-state index in [1.165, 1.54) is 8.45 Å². The van der Waals surface area contributed by atoms with E-state index < -0.39 is 0 Å². The second-order valence-corrected chi connectivity index (χ2v) is 5.64. The number of rotatable bonds is 1. The Morgan fingerprint density at radius 1 is 1.43 bits per heavy atom. The van der Waals surface area contributed by atoms with E-state index in [-0.39, 0.29) is 0 Å². The molecule has 74 valence electrons. The van der Waals surface area contributed by atoms with Crippen molar-refractivity contribution < 1.29 is 4.74 Å². The molecule has 0 unspecified atom stereocenters. The highest BCUT2D eigenvalue weighted by Gasteiger charge is 2.13. The molecule has 1 aromatic carbocycles. The molecule has 0 saturated carbocycles. The number of methoxy groups -OCH3 is 1. The van der Waals surface area contributed by atoms with Crippen molar-refractivity contribution in [3.8, 4) is 5.75 Å². The Morgan fingerprint density at radius 3 is 2.79 bits per heavy atom. The van der Waals surface area contributed by atoms with Crippen LogP contribution in [0.4, 0.5) is 0 Å². The number of ether oxygens (including phenoxy) is 1. The van der Waals surface area contributed by atoms with Crippen molar-refractivity contribution in [3.05, 3.63) is 25.6 Å². The van der Waals surface area contributed by atoms with Gasteiger partial charge in [-0.05, 0) is 41.6 Å². The Labute approximate surface area is 105 Å². The topological polar surface area (TPSA) is 9.23 Å². The fourth-order valence-corrected chi connectivity index (χ4v) is 3.98. The molecule has 1 nitrogen and oxygen atoms in total. The van der Waals surface area contributed by atoms with Gasteiger partial charge in [0.1, 0.15) is 5.75 Å². The lowest BCUT2D eigenvalue weighted by Crippen LogP contribution is -1.82. The van der Waals surface area contributed by atoms with Gasteiger partial charge in [0.2, 0.25) is 0 Å². The molecule has 0 aliphatic carbocycles. The molecule has 0 bridgehead atoms. The number of benzene rings is 1.